The third-order valence-electron chi connectivity index (χ3n) is 6.67. The predicted octanol–water partition coefficient (Wildman–Crippen LogP) is 3.36. The summed E-state index contributed by atoms with van der Waals surface area (Å²) in [5, 5.41) is 19.3. The maximum Gasteiger partial charge on any atom is 0.227 e. The van der Waals surface area contributed by atoms with Crippen LogP contribution < -0.4 is 21.0 Å². The molecule has 2 aliphatic rings. The lowest BCUT2D eigenvalue weighted by atomic mass is 10.1. The number of hydrazone groups is 1. The molecular formula is C28H34N8O2. The molecule has 0 spiro atoms. The Morgan fingerprint density at radius 1 is 1.16 bits per heavy atom. The molecule has 2 fully saturated rings. The van der Waals surface area contributed by atoms with Gasteiger partial charge in [0.25, 0.3) is 0 Å². The lowest BCUT2D eigenvalue weighted by Gasteiger charge is -2.31. The first-order valence-electron chi connectivity index (χ1n) is 12.9. The molecule has 10 nitrogen and oxygen atoms in total. The molecule has 38 heavy (non-hydrogen) atoms. The van der Waals surface area contributed by atoms with Crippen molar-refractivity contribution in [2.75, 3.05) is 54.6 Å². The third kappa shape index (κ3) is 6.21. The smallest absolute Gasteiger partial charge is 0.227 e. The van der Waals surface area contributed by atoms with Gasteiger partial charge >= 0.3 is 0 Å². The number of rotatable bonds is 7. The topological polar surface area (TPSA) is 115 Å². The zero-order valence-electron chi connectivity index (χ0n) is 21.4. The van der Waals surface area contributed by atoms with Crippen LogP contribution in [0.4, 0.5) is 23.0 Å². The Hall–Kier alpha value is -4.15. The van der Waals surface area contributed by atoms with E-state index in [2.05, 4.69) is 51.1 Å². The number of aliphatic hydroxyl groups excluding tert-OH is 1. The molecule has 0 radical (unpaired) electrons. The zero-order chi connectivity index (χ0) is 26.3. The highest BCUT2D eigenvalue weighted by Crippen LogP contribution is 2.26. The van der Waals surface area contributed by atoms with Gasteiger partial charge in [0.05, 0.1) is 30.7 Å². The Morgan fingerprint density at radius 3 is 2.74 bits per heavy atom. The number of guanidine groups is 1. The minimum Gasteiger partial charge on any atom is -0.391 e. The highest BCUT2D eigenvalue weighted by atomic mass is 16.5. The number of anilines is 4. The van der Waals surface area contributed by atoms with E-state index in [0.717, 1.165) is 68.3 Å². The second-order valence-electron chi connectivity index (χ2n) is 9.31. The summed E-state index contributed by atoms with van der Waals surface area (Å²) >= 11 is 0. The fourth-order valence-electron chi connectivity index (χ4n) is 4.63. The first kappa shape index (κ1) is 25.5. The molecule has 1 unspecified atom stereocenters. The van der Waals surface area contributed by atoms with E-state index in [4.69, 9.17) is 15.5 Å². The van der Waals surface area contributed by atoms with Crippen molar-refractivity contribution in [3.63, 3.8) is 0 Å². The molecule has 1 atom stereocenters. The zero-order valence-corrected chi connectivity index (χ0v) is 21.4. The van der Waals surface area contributed by atoms with Gasteiger partial charge in [-0.05, 0) is 55.3 Å². The Bertz CT molecular complexity index is 1260. The Labute approximate surface area is 223 Å². The summed E-state index contributed by atoms with van der Waals surface area (Å²) in [7, 11) is 0. The number of β-amino-alcohol motifs (C(OH)–C–C–N with tert-alkyl or cyclic N) is 1. The molecule has 2 aliphatic heterocycles. The molecule has 0 aliphatic carbocycles. The van der Waals surface area contributed by atoms with E-state index in [1.54, 1.807) is 17.4 Å². The van der Waals surface area contributed by atoms with E-state index < -0.39 is 0 Å². The fraction of sp³-hybridized carbons (Fsp3) is 0.321. The minimum absolute atomic E-state index is 0.355. The summed E-state index contributed by atoms with van der Waals surface area (Å²) in [6.45, 7) is 8.40. The first-order chi connectivity index (χ1) is 18.6. The van der Waals surface area contributed by atoms with Crippen molar-refractivity contribution in [3.05, 3.63) is 73.6 Å². The van der Waals surface area contributed by atoms with Crippen molar-refractivity contribution in [2.45, 2.75) is 18.9 Å². The Morgan fingerprint density at radius 2 is 1.97 bits per heavy atom. The standard InChI is InChI=1S/C28H34N8O2/c1-2-36(33-27(29)35-14-4-7-25(37)20-35)23-10-8-22(9-11-23)31-28-30-13-12-26(32-28)21-5-3-6-24(19-21)34-15-17-38-18-16-34/h2-3,5-6,8-13,19,25,37H,1,4,7,14-18,20H2,(H2,29,33)(H,30,31,32). The summed E-state index contributed by atoms with van der Waals surface area (Å²) in [5.74, 6) is 0.868. The minimum atomic E-state index is -0.380. The monoisotopic (exact) mass is 514 g/mol. The first-order valence-corrected chi connectivity index (χ1v) is 12.9. The van der Waals surface area contributed by atoms with E-state index in [1.807, 2.05) is 35.2 Å². The molecule has 1 aromatic heterocycles. The summed E-state index contributed by atoms with van der Waals surface area (Å²) in [6, 6.07) is 18.0. The van der Waals surface area contributed by atoms with Gasteiger partial charge in [0.15, 0.2) is 0 Å². The molecule has 3 heterocycles. The van der Waals surface area contributed by atoms with Crippen molar-refractivity contribution in [3.8, 4) is 11.3 Å². The van der Waals surface area contributed by atoms with Gasteiger partial charge in [0.1, 0.15) is 0 Å². The van der Waals surface area contributed by atoms with E-state index in [0.29, 0.717) is 18.5 Å². The maximum atomic E-state index is 9.93. The summed E-state index contributed by atoms with van der Waals surface area (Å²) in [5.41, 5.74) is 10.9. The quantitative estimate of drug-likeness (QED) is 0.248. The van der Waals surface area contributed by atoms with Crippen LogP contribution in [-0.2, 0) is 4.74 Å². The average molecular weight is 515 g/mol. The number of hydrogen-bond acceptors (Lipinski definition) is 8. The number of nitrogens with one attached hydrogen (secondary N) is 1. The number of hydrogen-bond donors (Lipinski definition) is 3. The summed E-state index contributed by atoms with van der Waals surface area (Å²) in [4.78, 5) is 13.4. The van der Waals surface area contributed by atoms with Crippen LogP contribution in [0, 0.1) is 0 Å². The van der Waals surface area contributed by atoms with Crippen LogP contribution in [-0.4, -0.2) is 71.4 Å². The molecule has 3 aromatic rings. The molecule has 198 valence electrons. The van der Waals surface area contributed by atoms with Gasteiger partial charge in [-0.2, -0.15) is 0 Å². The molecule has 4 N–H and O–H groups in total. The van der Waals surface area contributed by atoms with Crippen LogP contribution in [0.15, 0.2) is 78.7 Å². The lowest BCUT2D eigenvalue weighted by Crippen LogP contribution is -2.46. The van der Waals surface area contributed by atoms with Gasteiger partial charge in [-0.3, -0.25) is 0 Å². The second kappa shape index (κ2) is 11.9. The number of likely N-dealkylation sites (tertiary alicyclic amines) is 1. The van der Waals surface area contributed by atoms with Crippen molar-refractivity contribution in [1.29, 1.82) is 0 Å². The fourth-order valence-corrected chi connectivity index (χ4v) is 4.63. The highest BCUT2D eigenvalue weighted by molar-refractivity contribution is 5.79. The Kier molecular flexibility index (Phi) is 8.01. The molecule has 0 saturated carbocycles. The average Bonchev–Trinajstić information content (AvgIpc) is 2.97. The van der Waals surface area contributed by atoms with Gasteiger partial charge in [0.2, 0.25) is 11.9 Å². The van der Waals surface area contributed by atoms with E-state index >= 15 is 0 Å². The lowest BCUT2D eigenvalue weighted by molar-refractivity contribution is 0.102. The number of benzene rings is 2. The van der Waals surface area contributed by atoms with Crippen molar-refractivity contribution < 1.29 is 9.84 Å². The molecule has 0 amide bonds. The van der Waals surface area contributed by atoms with Crippen LogP contribution in [0.5, 0.6) is 0 Å². The number of aliphatic hydroxyl groups is 1. The molecule has 2 saturated heterocycles. The molecule has 10 heteroatoms. The van der Waals surface area contributed by atoms with Crippen LogP contribution in [0.1, 0.15) is 12.8 Å². The van der Waals surface area contributed by atoms with E-state index in [-0.39, 0.29) is 6.10 Å². The number of nitrogens with zero attached hydrogens (tertiary/aromatic N) is 6. The molecule has 2 aromatic carbocycles. The van der Waals surface area contributed by atoms with Crippen LogP contribution in [0.2, 0.25) is 0 Å². The van der Waals surface area contributed by atoms with Gasteiger partial charge in [0, 0.05) is 55.5 Å². The predicted molar refractivity (Wildman–Crippen MR) is 151 cm³/mol. The summed E-state index contributed by atoms with van der Waals surface area (Å²) < 4.78 is 5.48. The van der Waals surface area contributed by atoms with E-state index in [9.17, 15) is 5.11 Å². The van der Waals surface area contributed by atoms with Gasteiger partial charge < -0.3 is 30.7 Å². The van der Waals surface area contributed by atoms with Crippen LogP contribution in [0.25, 0.3) is 11.3 Å². The SMILES string of the molecule is C=CN(/N=C(\N)N1CCCC(O)C1)c1ccc(Nc2nccc(-c3cccc(N4CCOCC4)c3)n2)cc1. The van der Waals surface area contributed by atoms with Crippen molar-refractivity contribution >= 4 is 29.0 Å². The molecule has 0 bridgehead atoms. The Balaban J connectivity index is 1.27. The largest absolute Gasteiger partial charge is 0.391 e. The van der Waals surface area contributed by atoms with Gasteiger partial charge in [-0.15, -0.1) is 5.10 Å². The number of morpholine rings is 1. The van der Waals surface area contributed by atoms with Crippen LogP contribution >= 0.6 is 0 Å². The normalized spacial score (nSPS) is 18.2. The second-order valence-corrected chi connectivity index (χ2v) is 9.31. The number of ether oxygens (including phenoxy) is 1. The number of piperidine rings is 1. The van der Waals surface area contributed by atoms with Gasteiger partial charge in [-0.1, -0.05) is 18.7 Å². The van der Waals surface area contributed by atoms with Gasteiger partial charge in [-0.25, -0.2) is 15.0 Å². The van der Waals surface area contributed by atoms with Crippen molar-refractivity contribution in [2.24, 2.45) is 10.8 Å². The summed E-state index contributed by atoms with van der Waals surface area (Å²) in [6.07, 6.45) is 4.66. The van der Waals surface area contributed by atoms with Crippen molar-refractivity contribution in [1.82, 2.24) is 14.9 Å². The van der Waals surface area contributed by atoms with Crippen LogP contribution in [0.3, 0.4) is 0 Å². The third-order valence-corrected chi connectivity index (χ3v) is 6.67. The number of nitrogens with two attached hydrogens (primary N) is 1. The maximum absolute atomic E-state index is 9.93. The molecular weight excluding hydrogens is 480 g/mol. The van der Waals surface area contributed by atoms with E-state index in [1.165, 1.54) is 5.69 Å². The highest BCUT2D eigenvalue weighted by Gasteiger charge is 2.20. The molecule has 5 rings (SSSR count). The number of aromatic nitrogens is 2.